The molecule has 3 heteroatoms. The lowest BCUT2D eigenvalue weighted by Gasteiger charge is -2.07. The van der Waals surface area contributed by atoms with Gasteiger partial charge in [-0.3, -0.25) is 4.79 Å². The fourth-order valence-electron chi connectivity index (χ4n) is 1.35. The van der Waals surface area contributed by atoms with Crippen LogP contribution in [0.1, 0.15) is 17.5 Å². The Hall–Kier alpha value is -1.77. The second kappa shape index (κ2) is 5.95. The van der Waals surface area contributed by atoms with E-state index in [-0.39, 0.29) is 6.42 Å². The van der Waals surface area contributed by atoms with Crippen LogP contribution in [0.4, 0.5) is 0 Å². The number of aliphatic carboxylic acids is 1. The molecule has 0 aliphatic heterocycles. The first-order valence-electron chi connectivity index (χ1n) is 5.16. The molecular formula is C13H16O3. The minimum Gasteiger partial charge on any atom is -0.489 e. The molecule has 0 aliphatic carbocycles. The normalized spacial score (nSPS) is 10.6. The summed E-state index contributed by atoms with van der Waals surface area (Å²) in [5.41, 5.74) is 2.29. The van der Waals surface area contributed by atoms with Crippen LogP contribution in [0.3, 0.4) is 0 Å². The van der Waals surface area contributed by atoms with Crippen LogP contribution in [0, 0.1) is 13.8 Å². The first kappa shape index (κ1) is 12.3. The molecule has 0 saturated heterocycles. The van der Waals surface area contributed by atoms with Crippen molar-refractivity contribution in [3.05, 3.63) is 41.5 Å². The Morgan fingerprint density at radius 1 is 1.38 bits per heavy atom. The zero-order valence-electron chi connectivity index (χ0n) is 9.56. The van der Waals surface area contributed by atoms with Crippen molar-refractivity contribution in [1.82, 2.24) is 0 Å². The number of ether oxygens (including phenoxy) is 1. The maximum absolute atomic E-state index is 10.2. The summed E-state index contributed by atoms with van der Waals surface area (Å²) < 4.78 is 5.49. The van der Waals surface area contributed by atoms with Gasteiger partial charge in [0.2, 0.25) is 0 Å². The second-order valence-corrected chi connectivity index (χ2v) is 3.65. The lowest BCUT2D eigenvalue weighted by atomic mass is 10.1. The highest BCUT2D eigenvalue weighted by Crippen LogP contribution is 2.18. The van der Waals surface area contributed by atoms with Crippen molar-refractivity contribution in [1.29, 1.82) is 0 Å². The summed E-state index contributed by atoms with van der Waals surface area (Å²) in [7, 11) is 0. The number of carboxylic acids is 1. The smallest absolute Gasteiger partial charge is 0.307 e. The lowest BCUT2D eigenvalue weighted by Crippen LogP contribution is -1.96. The molecular weight excluding hydrogens is 204 g/mol. The predicted octanol–water partition coefficient (Wildman–Crippen LogP) is 2.71. The topological polar surface area (TPSA) is 46.5 Å². The van der Waals surface area contributed by atoms with Gasteiger partial charge in [-0.15, -0.1) is 0 Å². The Morgan fingerprint density at radius 3 is 2.75 bits per heavy atom. The Morgan fingerprint density at radius 2 is 2.12 bits per heavy atom. The molecule has 0 saturated carbocycles. The van der Waals surface area contributed by atoms with Crippen molar-refractivity contribution in [3.63, 3.8) is 0 Å². The molecule has 1 aromatic rings. The summed E-state index contributed by atoms with van der Waals surface area (Å²) in [6.45, 7) is 4.42. The van der Waals surface area contributed by atoms with Crippen molar-refractivity contribution < 1.29 is 14.6 Å². The zero-order chi connectivity index (χ0) is 12.0. The van der Waals surface area contributed by atoms with Gasteiger partial charge >= 0.3 is 5.97 Å². The van der Waals surface area contributed by atoms with Crippen LogP contribution in [-0.2, 0) is 4.79 Å². The van der Waals surface area contributed by atoms with E-state index in [9.17, 15) is 4.79 Å². The van der Waals surface area contributed by atoms with Crippen LogP contribution in [0.25, 0.3) is 0 Å². The molecule has 3 nitrogen and oxygen atoms in total. The third-order valence-corrected chi connectivity index (χ3v) is 2.12. The van der Waals surface area contributed by atoms with Crippen molar-refractivity contribution in [2.75, 3.05) is 6.61 Å². The summed E-state index contributed by atoms with van der Waals surface area (Å²) >= 11 is 0. The van der Waals surface area contributed by atoms with Gasteiger partial charge in [-0.05, 0) is 25.5 Å². The lowest BCUT2D eigenvalue weighted by molar-refractivity contribution is -0.136. The first-order chi connectivity index (χ1) is 7.59. The van der Waals surface area contributed by atoms with Gasteiger partial charge in [-0.1, -0.05) is 29.8 Å². The van der Waals surface area contributed by atoms with Crippen LogP contribution >= 0.6 is 0 Å². The highest BCUT2D eigenvalue weighted by Gasteiger charge is 1.97. The molecule has 0 aliphatic rings. The van der Waals surface area contributed by atoms with Crippen molar-refractivity contribution in [2.24, 2.45) is 0 Å². The quantitative estimate of drug-likeness (QED) is 0.776. The number of hydrogen-bond donors (Lipinski definition) is 1. The maximum Gasteiger partial charge on any atom is 0.307 e. The first-order valence-corrected chi connectivity index (χ1v) is 5.16. The fraction of sp³-hybridized carbons (Fsp3) is 0.308. The van der Waals surface area contributed by atoms with Crippen molar-refractivity contribution >= 4 is 5.97 Å². The van der Waals surface area contributed by atoms with Gasteiger partial charge in [0, 0.05) is 0 Å². The van der Waals surface area contributed by atoms with Crippen LogP contribution in [0.15, 0.2) is 30.4 Å². The molecule has 0 spiro atoms. The molecule has 0 atom stereocenters. The van der Waals surface area contributed by atoms with Crippen molar-refractivity contribution in [3.8, 4) is 5.75 Å². The maximum atomic E-state index is 10.2. The summed E-state index contributed by atoms with van der Waals surface area (Å²) in [4.78, 5) is 10.2. The monoisotopic (exact) mass is 220 g/mol. The van der Waals surface area contributed by atoms with Crippen LogP contribution in [-0.4, -0.2) is 17.7 Å². The van der Waals surface area contributed by atoms with E-state index in [4.69, 9.17) is 9.84 Å². The zero-order valence-corrected chi connectivity index (χ0v) is 9.56. The molecule has 16 heavy (non-hydrogen) atoms. The molecule has 86 valence electrons. The van der Waals surface area contributed by atoms with Crippen LogP contribution in [0.5, 0.6) is 5.75 Å². The van der Waals surface area contributed by atoms with Gasteiger partial charge in [0.05, 0.1) is 6.42 Å². The number of carboxylic acid groups (broad SMARTS) is 1. The molecule has 0 heterocycles. The van der Waals surface area contributed by atoms with Gasteiger partial charge < -0.3 is 9.84 Å². The summed E-state index contributed by atoms with van der Waals surface area (Å²) in [5.74, 6) is 0.00772. The van der Waals surface area contributed by atoms with E-state index in [1.54, 1.807) is 12.2 Å². The van der Waals surface area contributed by atoms with Gasteiger partial charge in [0.1, 0.15) is 12.4 Å². The summed E-state index contributed by atoms with van der Waals surface area (Å²) in [6, 6.07) is 5.97. The number of hydrogen-bond acceptors (Lipinski definition) is 2. The van der Waals surface area contributed by atoms with E-state index >= 15 is 0 Å². The summed E-state index contributed by atoms with van der Waals surface area (Å²) in [6.07, 6.45) is 3.34. The van der Waals surface area contributed by atoms with Gasteiger partial charge in [0.25, 0.3) is 0 Å². The number of aryl methyl sites for hydroxylation is 2. The largest absolute Gasteiger partial charge is 0.489 e. The number of rotatable bonds is 5. The average molecular weight is 220 g/mol. The minimum atomic E-state index is -0.831. The molecule has 0 unspecified atom stereocenters. The molecule has 0 aromatic heterocycles. The molecule has 1 aromatic carbocycles. The standard InChI is InChI=1S/C13H16O3/c1-10-6-7-12(11(2)9-10)16-8-4-3-5-13(14)15/h3-4,6-7,9H,5,8H2,1-2H3,(H,14,15)/b4-3+. The Kier molecular flexibility index (Phi) is 4.58. The van der Waals surface area contributed by atoms with Gasteiger partial charge in [-0.25, -0.2) is 0 Å². The predicted molar refractivity (Wildman–Crippen MR) is 62.8 cm³/mol. The SMILES string of the molecule is Cc1ccc(OC/C=C/CC(=O)O)c(C)c1. The molecule has 0 fully saturated rings. The van der Waals surface area contributed by atoms with Gasteiger partial charge in [-0.2, -0.15) is 0 Å². The highest BCUT2D eigenvalue weighted by molar-refractivity contribution is 5.68. The van der Waals surface area contributed by atoms with Crippen molar-refractivity contribution in [2.45, 2.75) is 20.3 Å². The van der Waals surface area contributed by atoms with E-state index in [0.717, 1.165) is 11.3 Å². The number of benzene rings is 1. The third kappa shape index (κ3) is 4.17. The molecule has 1 N–H and O–H groups in total. The Balaban J connectivity index is 2.43. The third-order valence-electron chi connectivity index (χ3n) is 2.12. The van der Waals surface area contributed by atoms with Crippen LogP contribution in [0.2, 0.25) is 0 Å². The molecule has 0 amide bonds. The molecule has 1 rings (SSSR count). The van der Waals surface area contributed by atoms with E-state index in [1.807, 2.05) is 26.0 Å². The fourth-order valence-corrected chi connectivity index (χ4v) is 1.35. The average Bonchev–Trinajstić information content (AvgIpc) is 2.20. The van der Waals surface area contributed by atoms with Crippen LogP contribution < -0.4 is 4.74 Å². The Labute approximate surface area is 95.4 Å². The molecule has 0 radical (unpaired) electrons. The second-order valence-electron chi connectivity index (χ2n) is 3.65. The summed E-state index contributed by atoms with van der Waals surface area (Å²) in [5, 5.41) is 8.41. The van der Waals surface area contributed by atoms with Gasteiger partial charge in [0.15, 0.2) is 0 Å². The van der Waals surface area contributed by atoms with E-state index in [1.165, 1.54) is 5.56 Å². The molecule has 0 bridgehead atoms. The number of carbonyl (C=O) groups is 1. The van der Waals surface area contributed by atoms with E-state index in [0.29, 0.717) is 6.61 Å². The highest BCUT2D eigenvalue weighted by atomic mass is 16.5. The van der Waals surface area contributed by atoms with E-state index < -0.39 is 5.97 Å². The van der Waals surface area contributed by atoms with E-state index in [2.05, 4.69) is 6.07 Å². The minimum absolute atomic E-state index is 0.0379. The Bertz CT molecular complexity index is 394.